The fourth-order valence-electron chi connectivity index (χ4n) is 1.54. The van der Waals surface area contributed by atoms with Crippen LogP contribution in [0.3, 0.4) is 0 Å². The minimum atomic E-state index is -0.297. The SMILES string of the molecule is Cc1ccc(-c2c(Cl)ccc(Cl)c2Cl)cc1F. The van der Waals surface area contributed by atoms with Crippen LogP contribution < -0.4 is 0 Å². The lowest BCUT2D eigenvalue weighted by molar-refractivity contribution is 0.619. The number of hydrogen-bond acceptors (Lipinski definition) is 0. The molecule has 0 aliphatic rings. The zero-order valence-electron chi connectivity index (χ0n) is 8.90. The molecule has 0 spiro atoms. The van der Waals surface area contributed by atoms with Crippen molar-refractivity contribution < 1.29 is 4.39 Å². The van der Waals surface area contributed by atoms with E-state index in [1.807, 2.05) is 0 Å². The fourth-order valence-corrected chi connectivity index (χ4v) is 2.29. The lowest BCUT2D eigenvalue weighted by Gasteiger charge is -2.09. The summed E-state index contributed by atoms with van der Waals surface area (Å²) in [7, 11) is 0. The van der Waals surface area contributed by atoms with Crippen LogP contribution in [0.1, 0.15) is 5.56 Å². The van der Waals surface area contributed by atoms with E-state index in [4.69, 9.17) is 34.8 Å². The van der Waals surface area contributed by atoms with Gasteiger partial charge in [0.2, 0.25) is 0 Å². The van der Waals surface area contributed by atoms with E-state index in [2.05, 4.69) is 0 Å². The molecule has 0 saturated heterocycles. The molecule has 0 aliphatic heterocycles. The minimum Gasteiger partial charge on any atom is -0.207 e. The van der Waals surface area contributed by atoms with Crippen molar-refractivity contribution in [1.82, 2.24) is 0 Å². The first kappa shape index (κ1) is 12.7. The fraction of sp³-hybridized carbons (Fsp3) is 0.0769. The molecule has 0 aliphatic carbocycles. The molecule has 2 aromatic rings. The molecule has 0 atom stereocenters. The van der Waals surface area contributed by atoms with E-state index in [0.717, 1.165) is 0 Å². The first-order chi connectivity index (χ1) is 8.00. The highest BCUT2D eigenvalue weighted by Crippen LogP contribution is 2.39. The Morgan fingerprint density at radius 2 is 1.59 bits per heavy atom. The van der Waals surface area contributed by atoms with Crippen molar-refractivity contribution in [3.05, 3.63) is 56.8 Å². The molecule has 0 heterocycles. The topological polar surface area (TPSA) is 0 Å². The largest absolute Gasteiger partial charge is 0.207 e. The van der Waals surface area contributed by atoms with Crippen LogP contribution in [0.25, 0.3) is 11.1 Å². The average molecular weight is 290 g/mol. The molecule has 0 unspecified atom stereocenters. The van der Waals surface area contributed by atoms with Crippen molar-refractivity contribution in [2.45, 2.75) is 6.92 Å². The van der Waals surface area contributed by atoms with E-state index in [-0.39, 0.29) is 5.82 Å². The summed E-state index contributed by atoms with van der Waals surface area (Å²) in [5.41, 5.74) is 1.74. The first-order valence-electron chi connectivity index (χ1n) is 4.90. The molecule has 0 bridgehead atoms. The molecule has 0 amide bonds. The second-order valence-corrected chi connectivity index (χ2v) is 4.87. The van der Waals surface area contributed by atoms with Gasteiger partial charge in [0.1, 0.15) is 5.82 Å². The molecular weight excluding hydrogens is 282 g/mol. The van der Waals surface area contributed by atoms with Crippen LogP contribution in [0.4, 0.5) is 4.39 Å². The summed E-state index contributed by atoms with van der Waals surface area (Å²) in [6.07, 6.45) is 0. The molecule has 0 nitrogen and oxygen atoms in total. The van der Waals surface area contributed by atoms with E-state index in [0.29, 0.717) is 31.8 Å². The van der Waals surface area contributed by atoms with Gasteiger partial charge in [0.15, 0.2) is 0 Å². The Bertz CT molecular complexity index is 579. The van der Waals surface area contributed by atoms with Gasteiger partial charge in [0, 0.05) is 10.6 Å². The highest BCUT2D eigenvalue weighted by Gasteiger charge is 2.12. The minimum absolute atomic E-state index is 0.297. The van der Waals surface area contributed by atoms with Gasteiger partial charge in [0.25, 0.3) is 0 Å². The van der Waals surface area contributed by atoms with Crippen molar-refractivity contribution in [3.8, 4) is 11.1 Å². The predicted molar refractivity (Wildman–Crippen MR) is 71.6 cm³/mol. The molecule has 4 heteroatoms. The van der Waals surface area contributed by atoms with Gasteiger partial charge in [-0.3, -0.25) is 0 Å². The van der Waals surface area contributed by atoms with Crippen molar-refractivity contribution in [3.63, 3.8) is 0 Å². The van der Waals surface area contributed by atoms with Gasteiger partial charge in [-0.25, -0.2) is 4.39 Å². The van der Waals surface area contributed by atoms with Gasteiger partial charge in [-0.05, 0) is 36.2 Å². The van der Waals surface area contributed by atoms with Crippen molar-refractivity contribution in [2.75, 3.05) is 0 Å². The molecule has 88 valence electrons. The van der Waals surface area contributed by atoms with Crippen LogP contribution in [-0.4, -0.2) is 0 Å². The maximum Gasteiger partial charge on any atom is 0.126 e. The van der Waals surface area contributed by atoms with Crippen LogP contribution in [0, 0.1) is 12.7 Å². The van der Waals surface area contributed by atoms with E-state index in [1.54, 1.807) is 31.2 Å². The predicted octanol–water partition coefficient (Wildman–Crippen LogP) is 5.76. The Hall–Kier alpha value is -0.760. The number of halogens is 4. The smallest absolute Gasteiger partial charge is 0.126 e. The highest BCUT2D eigenvalue weighted by molar-refractivity contribution is 6.46. The maximum atomic E-state index is 13.5. The molecule has 0 radical (unpaired) electrons. The van der Waals surface area contributed by atoms with Gasteiger partial charge < -0.3 is 0 Å². The average Bonchev–Trinajstić information content (AvgIpc) is 2.29. The van der Waals surface area contributed by atoms with Crippen LogP contribution >= 0.6 is 34.8 Å². The van der Waals surface area contributed by atoms with Crippen LogP contribution in [0.15, 0.2) is 30.3 Å². The third-order valence-electron chi connectivity index (χ3n) is 2.50. The maximum absolute atomic E-state index is 13.5. The lowest BCUT2D eigenvalue weighted by atomic mass is 10.0. The molecule has 0 aromatic heterocycles. The van der Waals surface area contributed by atoms with Crippen LogP contribution in [-0.2, 0) is 0 Å². The monoisotopic (exact) mass is 288 g/mol. The Balaban J connectivity index is 2.68. The molecule has 0 saturated carbocycles. The molecule has 0 fully saturated rings. The zero-order valence-corrected chi connectivity index (χ0v) is 11.2. The lowest BCUT2D eigenvalue weighted by Crippen LogP contribution is -1.87. The zero-order chi connectivity index (χ0) is 12.6. The molecule has 17 heavy (non-hydrogen) atoms. The summed E-state index contributed by atoms with van der Waals surface area (Å²) >= 11 is 18.1. The standard InChI is InChI=1S/C13H8Cl3F/c1-7-2-3-8(6-11(7)17)12-9(14)4-5-10(15)13(12)16/h2-6H,1H3. The molecular formula is C13H8Cl3F. The van der Waals surface area contributed by atoms with Crippen LogP contribution in [0.2, 0.25) is 15.1 Å². The van der Waals surface area contributed by atoms with Crippen molar-refractivity contribution >= 4 is 34.8 Å². The Morgan fingerprint density at radius 3 is 2.24 bits per heavy atom. The second kappa shape index (κ2) is 4.85. The summed E-state index contributed by atoms with van der Waals surface area (Å²) in [6, 6.07) is 8.10. The summed E-state index contributed by atoms with van der Waals surface area (Å²) in [4.78, 5) is 0. The summed E-state index contributed by atoms with van der Waals surface area (Å²) < 4.78 is 13.5. The van der Waals surface area contributed by atoms with Crippen LogP contribution in [0.5, 0.6) is 0 Å². The van der Waals surface area contributed by atoms with Gasteiger partial charge >= 0.3 is 0 Å². The normalized spacial score (nSPS) is 10.6. The highest BCUT2D eigenvalue weighted by atomic mass is 35.5. The van der Waals surface area contributed by atoms with E-state index < -0.39 is 0 Å². The third kappa shape index (κ3) is 2.42. The van der Waals surface area contributed by atoms with Gasteiger partial charge in [-0.2, -0.15) is 0 Å². The van der Waals surface area contributed by atoms with Gasteiger partial charge in [-0.15, -0.1) is 0 Å². The molecule has 0 N–H and O–H groups in total. The number of rotatable bonds is 1. The number of aryl methyl sites for hydroxylation is 1. The van der Waals surface area contributed by atoms with E-state index >= 15 is 0 Å². The summed E-state index contributed by atoms with van der Waals surface area (Å²) in [5, 5.41) is 1.18. The molecule has 2 aromatic carbocycles. The van der Waals surface area contributed by atoms with Crippen molar-refractivity contribution in [2.24, 2.45) is 0 Å². The summed E-state index contributed by atoms with van der Waals surface area (Å²) in [6.45, 7) is 1.69. The number of benzene rings is 2. The molecule has 2 rings (SSSR count). The Morgan fingerprint density at radius 1 is 0.941 bits per heavy atom. The van der Waals surface area contributed by atoms with Crippen molar-refractivity contribution in [1.29, 1.82) is 0 Å². The number of hydrogen-bond donors (Lipinski definition) is 0. The van der Waals surface area contributed by atoms with E-state index in [9.17, 15) is 4.39 Å². The Labute approximate surface area is 114 Å². The summed E-state index contributed by atoms with van der Waals surface area (Å²) in [5.74, 6) is -0.297. The van der Waals surface area contributed by atoms with E-state index in [1.165, 1.54) is 6.07 Å². The third-order valence-corrected chi connectivity index (χ3v) is 3.62. The first-order valence-corrected chi connectivity index (χ1v) is 6.04. The van der Waals surface area contributed by atoms with Gasteiger partial charge in [-0.1, -0.05) is 46.9 Å². The quantitative estimate of drug-likeness (QED) is 0.585. The van der Waals surface area contributed by atoms with Gasteiger partial charge in [0.05, 0.1) is 10.0 Å². The Kier molecular flexibility index (Phi) is 3.62. The second-order valence-electron chi connectivity index (χ2n) is 3.68.